The number of rotatable bonds is 8. The van der Waals surface area contributed by atoms with Crippen LogP contribution >= 0.6 is 0 Å². The number of aryl methyl sites for hydroxylation is 4. The van der Waals surface area contributed by atoms with Gasteiger partial charge in [0.1, 0.15) is 17.3 Å². The van der Waals surface area contributed by atoms with Gasteiger partial charge in [0.25, 0.3) is 0 Å². The van der Waals surface area contributed by atoms with Crippen LogP contribution in [0.15, 0.2) is 97.2 Å². The number of hydrogen-bond acceptors (Lipinski definition) is 4. The van der Waals surface area contributed by atoms with Gasteiger partial charge < -0.3 is 9.64 Å². The van der Waals surface area contributed by atoms with Gasteiger partial charge in [-0.3, -0.25) is 4.57 Å². The lowest BCUT2D eigenvalue weighted by Gasteiger charge is -2.19. The van der Waals surface area contributed by atoms with E-state index in [0.717, 1.165) is 58.0 Å². The van der Waals surface area contributed by atoms with E-state index in [-0.39, 0.29) is 0 Å². The first-order valence-corrected chi connectivity index (χ1v) is 16.4. The van der Waals surface area contributed by atoms with E-state index in [1.165, 1.54) is 44.6 Å². The highest BCUT2D eigenvalue weighted by Crippen LogP contribution is 2.38. The third kappa shape index (κ3) is 5.34. The van der Waals surface area contributed by atoms with Gasteiger partial charge in [-0.05, 0) is 110 Å². The molecule has 6 heteroatoms. The Labute approximate surface area is 276 Å². The fraction of sp³-hybridized carbons (Fsp3) is 0.220. The van der Waals surface area contributed by atoms with Crippen molar-refractivity contribution in [1.29, 1.82) is 0 Å². The molecule has 7 aromatic rings. The van der Waals surface area contributed by atoms with Crippen LogP contribution in [0.3, 0.4) is 0 Å². The van der Waals surface area contributed by atoms with E-state index >= 15 is 0 Å². The number of fused-ring (bicyclic) bond motifs is 3. The van der Waals surface area contributed by atoms with Gasteiger partial charge in [-0.25, -0.2) is 9.67 Å². The highest BCUT2D eigenvalue weighted by molar-refractivity contribution is 6.09. The summed E-state index contributed by atoms with van der Waals surface area (Å²) >= 11 is 0. The fourth-order valence-corrected chi connectivity index (χ4v) is 6.89. The van der Waals surface area contributed by atoms with Gasteiger partial charge >= 0.3 is 0 Å². The zero-order valence-corrected chi connectivity index (χ0v) is 28.3. The predicted octanol–water partition coefficient (Wildman–Crippen LogP) is 9.94. The van der Waals surface area contributed by atoms with E-state index in [9.17, 15) is 0 Å². The minimum absolute atomic E-state index is 0.762. The molecular formula is C41H41N5O. The van der Waals surface area contributed by atoms with Crippen molar-refractivity contribution in [3.05, 3.63) is 125 Å². The van der Waals surface area contributed by atoms with Crippen molar-refractivity contribution in [1.82, 2.24) is 19.3 Å². The van der Waals surface area contributed by atoms with Crippen LogP contribution in [0.5, 0.6) is 11.5 Å². The van der Waals surface area contributed by atoms with Gasteiger partial charge in [-0.1, -0.05) is 38.1 Å². The molecule has 0 bridgehead atoms. The molecule has 47 heavy (non-hydrogen) atoms. The Morgan fingerprint density at radius 3 is 2.17 bits per heavy atom. The smallest absolute Gasteiger partial charge is 0.137 e. The van der Waals surface area contributed by atoms with Crippen molar-refractivity contribution in [2.75, 3.05) is 19.0 Å². The second-order valence-electron chi connectivity index (χ2n) is 12.6. The van der Waals surface area contributed by atoms with Crippen LogP contribution in [-0.2, 0) is 12.8 Å². The highest BCUT2D eigenvalue weighted by Gasteiger charge is 2.22. The van der Waals surface area contributed by atoms with Crippen LogP contribution in [0, 0.1) is 20.8 Å². The molecule has 0 unspecified atom stereocenters. The summed E-state index contributed by atoms with van der Waals surface area (Å²) in [6, 6.07) is 31.8. The van der Waals surface area contributed by atoms with E-state index in [2.05, 4.69) is 136 Å². The first-order valence-electron chi connectivity index (χ1n) is 16.4. The molecule has 3 aromatic heterocycles. The molecule has 0 aliphatic carbocycles. The molecule has 7 rings (SSSR count). The largest absolute Gasteiger partial charge is 0.457 e. The summed E-state index contributed by atoms with van der Waals surface area (Å²) in [5.41, 5.74) is 12.9. The number of aromatic nitrogens is 4. The number of nitrogens with zero attached hydrogens (tertiary/aromatic N) is 5. The SMILES string of the molecule is CCc1nn(-c2cccc(Oc3ccc4c5ccccc5n(-c5cc(C)ccn5)c4c3)c2)c(CC)c1-c1c(C)cc(N(C)C)cc1C. The normalized spacial score (nSPS) is 11.5. The molecule has 0 N–H and O–H groups in total. The number of ether oxygens (including phenoxy) is 1. The van der Waals surface area contributed by atoms with E-state index in [0.29, 0.717) is 0 Å². The molecule has 0 spiro atoms. The molecule has 0 saturated carbocycles. The molecule has 0 aliphatic heterocycles. The maximum absolute atomic E-state index is 6.58. The zero-order valence-electron chi connectivity index (χ0n) is 28.3. The Bertz CT molecular complexity index is 2250. The summed E-state index contributed by atoms with van der Waals surface area (Å²) in [5, 5.41) is 7.55. The van der Waals surface area contributed by atoms with Crippen molar-refractivity contribution in [3.8, 4) is 34.1 Å². The quantitative estimate of drug-likeness (QED) is 0.170. The van der Waals surface area contributed by atoms with Crippen molar-refractivity contribution >= 4 is 27.5 Å². The Hall–Kier alpha value is -5.36. The summed E-state index contributed by atoms with van der Waals surface area (Å²) in [6.07, 6.45) is 3.58. The second kappa shape index (κ2) is 12.1. The molecule has 0 radical (unpaired) electrons. The van der Waals surface area contributed by atoms with Crippen LogP contribution in [-0.4, -0.2) is 33.4 Å². The zero-order chi connectivity index (χ0) is 32.8. The summed E-state index contributed by atoms with van der Waals surface area (Å²) in [7, 11) is 4.18. The van der Waals surface area contributed by atoms with Gasteiger partial charge in [0.15, 0.2) is 0 Å². The van der Waals surface area contributed by atoms with Crippen molar-refractivity contribution < 1.29 is 4.74 Å². The lowest BCUT2D eigenvalue weighted by atomic mass is 9.92. The lowest BCUT2D eigenvalue weighted by molar-refractivity contribution is 0.482. The van der Waals surface area contributed by atoms with E-state index in [1.807, 2.05) is 24.4 Å². The van der Waals surface area contributed by atoms with Crippen LogP contribution in [0.4, 0.5) is 5.69 Å². The van der Waals surface area contributed by atoms with Crippen LogP contribution in [0.25, 0.3) is 44.4 Å². The van der Waals surface area contributed by atoms with Gasteiger partial charge in [0.2, 0.25) is 0 Å². The molecule has 0 saturated heterocycles. The third-order valence-electron chi connectivity index (χ3n) is 9.08. The molecule has 6 nitrogen and oxygen atoms in total. The van der Waals surface area contributed by atoms with E-state index in [4.69, 9.17) is 14.8 Å². The first-order chi connectivity index (χ1) is 22.8. The van der Waals surface area contributed by atoms with E-state index in [1.54, 1.807) is 0 Å². The predicted molar refractivity (Wildman–Crippen MR) is 195 cm³/mol. The Morgan fingerprint density at radius 2 is 1.45 bits per heavy atom. The summed E-state index contributed by atoms with van der Waals surface area (Å²) in [5.74, 6) is 2.42. The van der Waals surface area contributed by atoms with Crippen LogP contribution in [0.1, 0.15) is 41.9 Å². The van der Waals surface area contributed by atoms with Crippen molar-refractivity contribution in [2.24, 2.45) is 0 Å². The Kier molecular flexibility index (Phi) is 7.80. The molecule has 3 heterocycles. The second-order valence-corrected chi connectivity index (χ2v) is 12.6. The molecule has 0 atom stereocenters. The molecule has 0 aliphatic rings. The standard InChI is InChI=1S/C41H41N5O/c1-8-35-41(40-27(4)22-30(44(6)7)23-28(40)5)36(9-2)46(43-35)29-13-12-14-31(24-29)47-32-17-18-34-33-15-10-11-16-37(33)45(38(34)25-32)39-21-26(3)19-20-42-39/h10-25H,8-9H2,1-7H3. The number of benzene rings is 4. The third-order valence-corrected chi connectivity index (χ3v) is 9.08. The number of anilines is 1. The lowest BCUT2D eigenvalue weighted by Crippen LogP contribution is -2.09. The molecule has 0 fully saturated rings. The van der Waals surface area contributed by atoms with Gasteiger partial charge in [-0.2, -0.15) is 5.10 Å². The van der Waals surface area contributed by atoms with Gasteiger partial charge in [0.05, 0.1) is 28.1 Å². The molecular weight excluding hydrogens is 578 g/mol. The monoisotopic (exact) mass is 619 g/mol. The topological polar surface area (TPSA) is 48.1 Å². The fourth-order valence-electron chi connectivity index (χ4n) is 6.89. The molecule has 236 valence electrons. The summed E-state index contributed by atoms with van der Waals surface area (Å²) in [6.45, 7) is 10.9. The molecule has 0 amide bonds. The molecule has 4 aromatic carbocycles. The van der Waals surface area contributed by atoms with Gasteiger partial charge in [-0.15, -0.1) is 0 Å². The maximum Gasteiger partial charge on any atom is 0.137 e. The van der Waals surface area contributed by atoms with Crippen LogP contribution < -0.4 is 9.64 Å². The maximum atomic E-state index is 6.58. The first kappa shape index (κ1) is 30.3. The minimum Gasteiger partial charge on any atom is -0.457 e. The average Bonchev–Trinajstić information content (AvgIpc) is 3.59. The van der Waals surface area contributed by atoms with Crippen molar-refractivity contribution in [2.45, 2.75) is 47.5 Å². The van der Waals surface area contributed by atoms with Crippen molar-refractivity contribution in [3.63, 3.8) is 0 Å². The van der Waals surface area contributed by atoms with Crippen LogP contribution in [0.2, 0.25) is 0 Å². The summed E-state index contributed by atoms with van der Waals surface area (Å²) < 4.78 is 10.9. The number of pyridine rings is 1. The highest BCUT2D eigenvalue weighted by atomic mass is 16.5. The van der Waals surface area contributed by atoms with Gasteiger partial charge in [0, 0.05) is 54.4 Å². The summed E-state index contributed by atoms with van der Waals surface area (Å²) in [4.78, 5) is 6.89. The number of hydrogen-bond donors (Lipinski definition) is 0. The minimum atomic E-state index is 0.762. The van der Waals surface area contributed by atoms with E-state index < -0.39 is 0 Å². The number of para-hydroxylation sites is 1. The Balaban J connectivity index is 1.30. The Morgan fingerprint density at radius 1 is 0.702 bits per heavy atom. The average molecular weight is 620 g/mol.